The zero-order valence-corrected chi connectivity index (χ0v) is 15.0. The van der Waals surface area contributed by atoms with E-state index in [0.29, 0.717) is 6.54 Å². The van der Waals surface area contributed by atoms with Crippen LogP contribution in [0.4, 0.5) is 0 Å². The van der Waals surface area contributed by atoms with Crippen LogP contribution < -0.4 is 10.6 Å². The van der Waals surface area contributed by atoms with Crippen molar-refractivity contribution >= 4 is 5.96 Å². The maximum absolute atomic E-state index is 5.80. The smallest absolute Gasteiger partial charge is 0.191 e. The van der Waals surface area contributed by atoms with Gasteiger partial charge in [-0.25, -0.2) is 0 Å². The Kier molecular flexibility index (Phi) is 5.71. The van der Waals surface area contributed by atoms with Crippen molar-refractivity contribution in [1.29, 1.82) is 0 Å². The van der Waals surface area contributed by atoms with Gasteiger partial charge in [-0.2, -0.15) is 5.10 Å². The summed E-state index contributed by atoms with van der Waals surface area (Å²) in [5, 5.41) is 11.1. The molecule has 1 unspecified atom stereocenters. The second-order valence-electron chi connectivity index (χ2n) is 6.71. The monoisotopic (exact) mass is 341 g/mol. The molecule has 25 heavy (non-hydrogen) atoms. The maximum atomic E-state index is 5.80. The number of aliphatic imine (C=N–C) groups is 1. The highest BCUT2D eigenvalue weighted by Gasteiger charge is 2.29. The van der Waals surface area contributed by atoms with E-state index in [4.69, 9.17) is 4.74 Å². The van der Waals surface area contributed by atoms with Gasteiger partial charge in [0.05, 0.1) is 18.3 Å². The molecular formula is C19H27N5O. The summed E-state index contributed by atoms with van der Waals surface area (Å²) >= 11 is 0. The van der Waals surface area contributed by atoms with Crippen LogP contribution in [0.1, 0.15) is 30.9 Å². The van der Waals surface area contributed by atoms with Crippen molar-refractivity contribution in [1.82, 2.24) is 20.4 Å². The highest BCUT2D eigenvalue weighted by atomic mass is 16.5. The molecule has 134 valence electrons. The van der Waals surface area contributed by atoms with Crippen LogP contribution in [0.5, 0.6) is 0 Å². The van der Waals surface area contributed by atoms with Crippen LogP contribution in [0.25, 0.3) is 0 Å². The number of nitrogens with one attached hydrogen (secondary N) is 2. The molecule has 1 aromatic heterocycles. The van der Waals surface area contributed by atoms with Crippen molar-refractivity contribution in [2.45, 2.75) is 38.5 Å². The summed E-state index contributed by atoms with van der Waals surface area (Å²) in [6.45, 7) is 5.23. The first kappa shape index (κ1) is 17.5. The summed E-state index contributed by atoms with van der Waals surface area (Å²) < 4.78 is 7.75. The molecule has 6 nitrogen and oxygen atoms in total. The number of aromatic nitrogens is 2. The Morgan fingerprint density at radius 1 is 1.28 bits per heavy atom. The lowest BCUT2D eigenvalue weighted by Crippen LogP contribution is -2.45. The Bertz CT molecular complexity index is 689. The van der Waals surface area contributed by atoms with Crippen molar-refractivity contribution in [3.8, 4) is 0 Å². The molecule has 0 spiro atoms. The first-order valence-corrected chi connectivity index (χ1v) is 8.81. The van der Waals surface area contributed by atoms with Crippen LogP contribution in [-0.2, 0) is 17.8 Å². The largest absolute Gasteiger partial charge is 0.373 e. The number of hydrogen-bond donors (Lipinski definition) is 2. The normalized spacial score (nSPS) is 20.6. The quantitative estimate of drug-likeness (QED) is 0.624. The Balaban J connectivity index is 1.47. The molecule has 1 saturated heterocycles. The predicted octanol–water partition coefficient (Wildman–Crippen LogP) is 2.17. The molecule has 0 saturated carbocycles. The Morgan fingerprint density at radius 3 is 2.84 bits per heavy atom. The van der Waals surface area contributed by atoms with Crippen molar-refractivity contribution in [2.75, 3.05) is 20.2 Å². The van der Waals surface area contributed by atoms with Gasteiger partial charge in [-0.1, -0.05) is 30.3 Å². The van der Waals surface area contributed by atoms with E-state index in [1.165, 1.54) is 5.56 Å². The Morgan fingerprint density at radius 2 is 2.12 bits per heavy atom. The minimum atomic E-state index is -0.0851. The van der Waals surface area contributed by atoms with Crippen LogP contribution in [0.2, 0.25) is 0 Å². The third-order valence-electron chi connectivity index (χ3n) is 4.49. The van der Waals surface area contributed by atoms with E-state index in [-0.39, 0.29) is 5.60 Å². The highest BCUT2D eigenvalue weighted by molar-refractivity contribution is 5.79. The second-order valence-corrected chi connectivity index (χ2v) is 6.71. The number of ether oxygens (including phenoxy) is 1. The fraction of sp³-hybridized carbons (Fsp3) is 0.474. The number of nitrogens with zero attached hydrogens (tertiary/aromatic N) is 3. The molecule has 0 radical (unpaired) electrons. The van der Waals surface area contributed by atoms with E-state index in [1.807, 2.05) is 29.1 Å². The fourth-order valence-corrected chi connectivity index (χ4v) is 3.01. The molecule has 2 aromatic rings. The topological polar surface area (TPSA) is 63.5 Å². The number of hydrogen-bond acceptors (Lipinski definition) is 3. The van der Waals surface area contributed by atoms with Crippen molar-refractivity contribution in [3.63, 3.8) is 0 Å². The minimum absolute atomic E-state index is 0.0851. The van der Waals surface area contributed by atoms with E-state index in [1.54, 1.807) is 7.05 Å². The van der Waals surface area contributed by atoms with Gasteiger partial charge in [-0.15, -0.1) is 0 Å². The molecule has 1 aromatic carbocycles. The molecule has 0 amide bonds. The van der Waals surface area contributed by atoms with Gasteiger partial charge in [0.25, 0.3) is 0 Å². The lowest BCUT2D eigenvalue weighted by Gasteiger charge is -2.24. The zero-order chi connectivity index (χ0) is 17.5. The number of benzene rings is 1. The van der Waals surface area contributed by atoms with Gasteiger partial charge in [-0.05, 0) is 25.3 Å². The van der Waals surface area contributed by atoms with Gasteiger partial charge in [0.1, 0.15) is 0 Å². The molecule has 1 fully saturated rings. The van der Waals surface area contributed by atoms with Crippen LogP contribution in [0, 0.1) is 0 Å². The molecule has 2 N–H and O–H groups in total. The summed E-state index contributed by atoms with van der Waals surface area (Å²) in [6.07, 6.45) is 6.17. The van der Waals surface area contributed by atoms with E-state index >= 15 is 0 Å². The SMILES string of the molecule is CN=C(NCc1cnn(Cc2ccccc2)c1)NCC1(C)CCCO1. The molecule has 1 aliphatic rings. The summed E-state index contributed by atoms with van der Waals surface area (Å²) in [7, 11) is 1.78. The van der Waals surface area contributed by atoms with Crippen LogP contribution in [-0.4, -0.2) is 41.5 Å². The Hall–Kier alpha value is -2.34. The average Bonchev–Trinajstić information content (AvgIpc) is 3.26. The van der Waals surface area contributed by atoms with Gasteiger partial charge >= 0.3 is 0 Å². The summed E-state index contributed by atoms with van der Waals surface area (Å²) in [4.78, 5) is 4.28. The lowest BCUT2D eigenvalue weighted by molar-refractivity contribution is 0.0243. The fourth-order valence-electron chi connectivity index (χ4n) is 3.01. The predicted molar refractivity (Wildman–Crippen MR) is 99.6 cm³/mol. The first-order valence-electron chi connectivity index (χ1n) is 8.81. The van der Waals surface area contributed by atoms with E-state index in [0.717, 1.165) is 44.1 Å². The van der Waals surface area contributed by atoms with Gasteiger partial charge in [0.15, 0.2) is 5.96 Å². The number of guanidine groups is 1. The maximum Gasteiger partial charge on any atom is 0.191 e. The van der Waals surface area contributed by atoms with Gasteiger partial charge in [-0.3, -0.25) is 9.67 Å². The van der Waals surface area contributed by atoms with Crippen molar-refractivity contribution in [2.24, 2.45) is 4.99 Å². The molecular weight excluding hydrogens is 314 g/mol. The van der Waals surface area contributed by atoms with Crippen molar-refractivity contribution in [3.05, 3.63) is 53.9 Å². The van der Waals surface area contributed by atoms with Gasteiger partial charge < -0.3 is 15.4 Å². The highest BCUT2D eigenvalue weighted by Crippen LogP contribution is 2.23. The standard InChI is InChI=1S/C19H27N5O/c1-19(9-6-10-25-19)15-22-18(20-2)21-11-17-12-23-24(14-17)13-16-7-4-3-5-8-16/h3-5,7-8,12,14H,6,9-11,13,15H2,1-2H3,(H2,20,21,22). The molecule has 0 bridgehead atoms. The third kappa shape index (κ3) is 5.06. The molecule has 6 heteroatoms. The number of rotatable bonds is 6. The van der Waals surface area contributed by atoms with Gasteiger partial charge in [0, 0.05) is 38.5 Å². The van der Waals surface area contributed by atoms with E-state index in [9.17, 15) is 0 Å². The molecule has 1 aliphatic heterocycles. The average molecular weight is 341 g/mol. The van der Waals surface area contributed by atoms with E-state index < -0.39 is 0 Å². The molecule has 3 rings (SSSR count). The lowest BCUT2D eigenvalue weighted by atomic mass is 10.0. The first-order chi connectivity index (χ1) is 12.2. The van der Waals surface area contributed by atoms with Gasteiger partial charge in [0.2, 0.25) is 0 Å². The third-order valence-corrected chi connectivity index (χ3v) is 4.49. The van der Waals surface area contributed by atoms with Crippen LogP contribution >= 0.6 is 0 Å². The second kappa shape index (κ2) is 8.16. The summed E-state index contributed by atoms with van der Waals surface area (Å²) in [5.41, 5.74) is 2.28. The molecule has 1 atom stereocenters. The summed E-state index contributed by atoms with van der Waals surface area (Å²) in [6, 6.07) is 10.3. The molecule has 0 aliphatic carbocycles. The minimum Gasteiger partial charge on any atom is -0.373 e. The van der Waals surface area contributed by atoms with Crippen molar-refractivity contribution < 1.29 is 4.74 Å². The van der Waals surface area contributed by atoms with Crippen LogP contribution in [0.15, 0.2) is 47.7 Å². The molecule has 2 heterocycles. The van der Waals surface area contributed by atoms with Crippen LogP contribution in [0.3, 0.4) is 0 Å². The zero-order valence-electron chi connectivity index (χ0n) is 15.0. The Labute approximate surface area is 149 Å². The summed E-state index contributed by atoms with van der Waals surface area (Å²) in [5.74, 6) is 0.785. The van der Waals surface area contributed by atoms with E-state index in [2.05, 4.69) is 46.0 Å².